The second-order valence-electron chi connectivity index (χ2n) is 2.73. The first-order valence-corrected chi connectivity index (χ1v) is 5.13. The summed E-state index contributed by atoms with van der Waals surface area (Å²) in [6.45, 7) is 1.25. The Hall–Kier alpha value is -1.04. The third kappa shape index (κ3) is 3.23. The second kappa shape index (κ2) is 5.34. The van der Waals surface area contributed by atoms with Gasteiger partial charge >= 0.3 is 0 Å². The van der Waals surface area contributed by atoms with Crippen molar-refractivity contribution in [1.29, 1.82) is 0 Å². The zero-order valence-corrected chi connectivity index (χ0v) is 10.2. The maximum Gasteiger partial charge on any atom is 0.288 e. The molecule has 2 N–H and O–H groups in total. The average molecular weight is 283 g/mol. The van der Waals surface area contributed by atoms with Crippen LogP contribution in [0.4, 0.5) is 0 Å². The number of nitrogens with zero attached hydrogens (tertiary/aromatic N) is 1. The van der Waals surface area contributed by atoms with Crippen molar-refractivity contribution in [2.75, 3.05) is 0 Å². The number of rotatable bonds is 1. The van der Waals surface area contributed by atoms with Gasteiger partial charge < -0.3 is 0 Å². The smallest absolute Gasteiger partial charge is 0.274 e. The number of hydrazine groups is 1. The van der Waals surface area contributed by atoms with E-state index in [0.717, 1.165) is 0 Å². The summed E-state index contributed by atoms with van der Waals surface area (Å²) in [5.41, 5.74) is 4.16. The van der Waals surface area contributed by atoms with Crippen molar-refractivity contribution in [3.63, 3.8) is 0 Å². The van der Waals surface area contributed by atoms with Crippen LogP contribution in [-0.2, 0) is 4.79 Å². The zero-order chi connectivity index (χ0) is 12.3. The van der Waals surface area contributed by atoms with E-state index < -0.39 is 11.8 Å². The van der Waals surface area contributed by atoms with Gasteiger partial charge in [-0.05, 0) is 6.07 Å². The minimum Gasteiger partial charge on any atom is -0.274 e. The maximum atomic E-state index is 11.4. The molecular formula is C8H6Cl3N3O2. The van der Waals surface area contributed by atoms with Crippen molar-refractivity contribution >= 4 is 46.6 Å². The number of carbonyl (C=O) groups is 2. The molecule has 0 unspecified atom stereocenters. The van der Waals surface area contributed by atoms with E-state index in [2.05, 4.69) is 15.8 Å². The topological polar surface area (TPSA) is 71.1 Å². The molecule has 86 valence electrons. The predicted molar refractivity (Wildman–Crippen MR) is 60.5 cm³/mol. The average Bonchev–Trinajstić information content (AvgIpc) is 2.21. The van der Waals surface area contributed by atoms with Crippen molar-refractivity contribution in [3.8, 4) is 0 Å². The quantitative estimate of drug-likeness (QED) is 0.610. The Balaban J connectivity index is 2.88. The van der Waals surface area contributed by atoms with Gasteiger partial charge in [-0.15, -0.1) is 0 Å². The van der Waals surface area contributed by atoms with Crippen LogP contribution in [0.15, 0.2) is 6.07 Å². The van der Waals surface area contributed by atoms with Crippen LogP contribution in [0.5, 0.6) is 0 Å². The fourth-order valence-electron chi connectivity index (χ4n) is 0.794. The molecule has 5 nitrogen and oxygen atoms in total. The Morgan fingerprint density at radius 3 is 2.38 bits per heavy atom. The Morgan fingerprint density at radius 1 is 1.25 bits per heavy atom. The van der Waals surface area contributed by atoms with Gasteiger partial charge in [0.25, 0.3) is 5.91 Å². The van der Waals surface area contributed by atoms with Crippen LogP contribution in [0.2, 0.25) is 15.2 Å². The van der Waals surface area contributed by atoms with Gasteiger partial charge in [0, 0.05) is 6.92 Å². The molecule has 0 aliphatic heterocycles. The molecule has 1 aromatic heterocycles. The van der Waals surface area contributed by atoms with E-state index in [9.17, 15) is 9.59 Å². The lowest BCUT2D eigenvalue weighted by molar-refractivity contribution is -0.119. The lowest BCUT2D eigenvalue weighted by atomic mass is 10.3. The number of nitrogens with one attached hydrogen (secondary N) is 2. The van der Waals surface area contributed by atoms with E-state index in [1.165, 1.54) is 13.0 Å². The number of pyridine rings is 1. The highest BCUT2D eigenvalue weighted by molar-refractivity contribution is 6.47. The molecule has 16 heavy (non-hydrogen) atoms. The summed E-state index contributed by atoms with van der Waals surface area (Å²) in [5.74, 6) is -1.06. The molecule has 0 aliphatic rings. The van der Waals surface area contributed by atoms with Gasteiger partial charge in [-0.2, -0.15) is 0 Å². The molecule has 0 radical (unpaired) electrons. The monoisotopic (exact) mass is 281 g/mol. The molecule has 0 aliphatic carbocycles. The summed E-state index contributed by atoms with van der Waals surface area (Å²) in [6.07, 6.45) is 0. The molecule has 0 bridgehead atoms. The van der Waals surface area contributed by atoms with E-state index in [-0.39, 0.29) is 20.9 Å². The molecule has 2 amide bonds. The number of hydrogen-bond donors (Lipinski definition) is 2. The van der Waals surface area contributed by atoms with E-state index in [1.807, 2.05) is 0 Å². The Labute approximate surface area is 106 Å². The lowest BCUT2D eigenvalue weighted by Crippen LogP contribution is -2.40. The van der Waals surface area contributed by atoms with Gasteiger partial charge in [0.05, 0.1) is 10.0 Å². The van der Waals surface area contributed by atoms with Crippen LogP contribution in [0, 0.1) is 0 Å². The van der Waals surface area contributed by atoms with Crippen molar-refractivity contribution in [3.05, 3.63) is 27.0 Å². The Morgan fingerprint density at radius 2 is 1.88 bits per heavy atom. The molecule has 0 fully saturated rings. The number of aromatic nitrogens is 1. The highest BCUT2D eigenvalue weighted by atomic mass is 35.5. The fraction of sp³-hybridized carbons (Fsp3) is 0.125. The van der Waals surface area contributed by atoms with E-state index in [1.54, 1.807) is 0 Å². The van der Waals surface area contributed by atoms with Crippen molar-refractivity contribution in [1.82, 2.24) is 15.8 Å². The first-order chi connectivity index (χ1) is 7.41. The fourth-order valence-corrected chi connectivity index (χ4v) is 1.33. The van der Waals surface area contributed by atoms with Gasteiger partial charge in [-0.25, -0.2) is 4.98 Å². The van der Waals surface area contributed by atoms with Crippen molar-refractivity contribution < 1.29 is 9.59 Å². The first-order valence-electron chi connectivity index (χ1n) is 4.00. The molecular weight excluding hydrogens is 276 g/mol. The van der Waals surface area contributed by atoms with Gasteiger partial charge in [0.1, 0.15) is 10.8 Å². The van der Waals surface area contributed by atoms with Crippen LogP contribution in [0.1, 0.15) is 17.4 Å². The number of hydrogen-bond acceptors (Lipinski definition) is 3. The Bertz CT molecular complexity index is 427. The molecule has 8 heteroatoms. The third-order valence-corrected chi connectivity index (χ3v) is 2.61. The standard InChI is InChI=1S/C8H6Cl3N3O2/c1-3(15)13-14-8(16)5-2-4(9)6(10)7(11)12-5/h2H,1H3,(H,13,15)(H,14,16). The van der Waals surface area contributed by atoms with Crippen LogP contribution < -0.4 is 10.9 Å². The predicted octanol–water partition coefficient (Wildman–Crippen LogP) is 1.82. The van der Waals surface area contributed by atoms with Crippen LogP contribution in [0.3, 0.4) is 0 Å². The zero-order valence-electron chi connectivity index (χ0n) is 7.97. The lowest BCUT2D eigenvalue weighted by Gasteiger charge is -2.06. The van der Waals surface area contributed by atoms with Crippen LogP contribution >= 0.6 is 34.8 Å². The molecule has 1 rings (SSSR count). The molecule has 0 atom stereocenters. The van der Waals surface area contributed by atoms with E-state index in [0.29, 0.717) is 0 Å². The summed E-state index contributed by atoms with van der Waals surface area (Å²) in [7, 11) is 0. The molecule has 1 aromatic rings. The summed E-state index contributed by atoms with van der Waals surface area (Å²) >= 11 is 17.0. The van der Waals surface area contributed by atoms with E-state index in [4.69, 9.17) is 34.8 Å². The minimum atomic E-state index is -0.643. The second-order valence-corrected chi connectivity index (χ2v) is 3.87. The molecule has 0 spiro atoms. The summed E-state index contributed by atoms with van der Waals surface area (Å²) in [6, 6.07) is 1.24. The van der Waals surface area contributed by atoms with Crippen LogP contribution in [-0.4, -0.2) is 16.8 Å². The van der Waals surface area contributed by atoms with Gasteiger partial charge in [0.15, 0.2) is 0 Å². The van der Waals surface area contributed by atoms with Gasteiger partial charge in [-0.3, -0.25) is 20.4 Å². The maximum absolute atomic E-state index is 11.4. The molecule has 0 saturated carbocycles. The van der Waals surface area contributed by atoms with Crippen LogP contribution in [0.25, 0.3) is 0 Å². The molecule has 0 saturated heterocycles. The van der Waals surface area contributed by atoms with Crippen molar-refractivity contribution in [2.45, 2.75) is 6.92 Å². The largest absolute Gasteiger partial charge is 0.288 e. The van der Waals surface area contributed by atoms with Crippen molar-refractivity contribution in [2.24, 2.45) is 0 Å². The number of halogens is 3. The highest BCUT2D eigenvalue weighted by Crippen LogP contribution is 2.28. The summed E-state index contributed by atoms with van der Waals surface area (Å²) < 4.78 is 0. The van der Waals surface area contributed by atoms with E-state index >= 15 is 0 Å². The number of amides is 2. The summed E-state index contributed by atoms with van der Waals surface area (Å²) in [5, 5.41) is 0.0937. The molecule has 0 aromatic carbocycles. The third-order valence-electron chi connectivity index (χ3n) is 1.46. The SMILES string of the molecule is CC(=O)NNC(=O)c1cc(Cl)c(Cl)c(Cl)n1. The Kier molecular flexibility index (Phi) is 4.35. The van der Waals surface area contributed by atoms with Gasteiger partial charge in [-0.1, -0.05) is 34.8 Å². The highest BCUT2D eigenvalue weighted by Gasteiger charge is 2.13. The summed E-state index contributed by atoms with van der Waals surface area (Å²) in [4.78, 5) is 25.7. The van der Waals surface area contributed by atoms with Gasteiger partial charge in [0.2, 0.25) is 5.91 Å². The minimum absolute atomic E-state index is 0.0480. The number of carbonyl (C=O) groups excluding carboxylic acids is 2. The first kappa shape index (κ1) is 13.0. The molecule has 1 heterocycles. The normalized spacial score (nSPS) is 9.75.